The molecule has 2 fully saturated rings. The molecule has 1 amide bonds. The van der Waals surface area contributed by atoms with Crippen LogP contribution >= 0.6 is 11.3 Å². The number of carbonyl (C=O) groups excluding carboxylic acids is 1. The number of anilines is 1. The summed E-state index contributed by atoms with van der Waals surface area (Å²) in [6.07, 6.45) is 0.839. The highest BCUT2D eigenvalue weighted by atomic mass is 32.1. The highest BCUT2D eigenvalue weighted by Crippen LogP contribution is 2.29. The lowest BCUT2D eigenvalue weighted by atomic mass is 10.2. The normalized spacial score (nSPS) is 20.2. The van der Waals surface area contributed by atoms with Crippen LogP contribution in [0, 0.1) is 0 Å². The lowest BCUT2D eigenvalue weighted by Gasteiger charge is -2.40. The first-order valence-electron chi connectivity index (χ1n) is 9.77. The lowest BCUT2D eigenvalue weighted by molar-refractivity contribution is -0.140. The minimum Gasteiger partial charge on any atom is -0.378 e. The number of morpholine rings is 1. The van der Waals surface area contributed by atoms with E-state index >= 15 is 0 Å². The Balaban J connectivity index is 1.43. The number of hydrogen-bond acceptors (Lipinski definition) is 7. The van der Waals surface area contributed by atoms with Crippen LogP contribution in [0.2, 0.25) is 0 Å². The Morgan fingerprint density at radius 2 is 1.93 bits per heavy atom. The monoisotopic (exact) mass is 389 g/mol. The molecule has 0 N–H and O–H groups in total. The predicted octanol–water partition coefficient (Wildman–Crippen LogP) is 1.62. The average molecular weight is 390 g/mol. The van der Waals surface area contributed by atoms with Crippen LogP contribution in [0.25, 0.3) is 10.2 Å². The number of ether oxygens (including phenoxy) is 1. The van der Waals surface area contributed by atoms with Gasteiger partial charge in [-0.25, -0.2) is 9.97 Å². The van der Waals surface area contributed by atoms with E-state index in [-0.39, 0.29) is 11.9 Å². The number of fused-ring (bicyclic) bond motifs is 1. The molecule has 2 aromatic heterocycles. The molecule has 2 saturated heterocycles. The van der Waals surface area contributed by atoms with E-state index in [9.17, 15) is 4.79 Å². The van der Waals surface area contributed by atoms with Crippen molar-refractivity contribution < 1.29 is 9.53 Å². The quantitative estimate of drug-likeness (QED) is 0.792. The first-order valence-corrected chi connectivity index (χ1v) is 10.6. The zero-order valence-electron chi connectivity index (χ0n) is 16.1. The Kier molecular flexibility index (Phi) is 5.56. The summed E-state index contributed by atoms with van der Waals surface area (Å²) in [7, 11) is 0. The van der Waals surface area contributed by atoms with Crippen molar-refractivity contribution in [2.75, 3.05) is 57.4 Å². The molecule has 2 aliphatic heterocycles. The van der Waals surface area contributed by atoms with E-state index in [1.807, 2.05) is 11.8 Å². The van der Waals surface area contributed by atoms with Gasteiger partial charge in [0.15, 0.2) is 0 Å². The third kappa shape index (κ3) is 3.79. The number of amides is 1. The Hall–Kier alpha value is -1.77. The highest BCUT2D eigenvalue weighted by Gasteiger charge is 2.30. The molecule has 4 heterocycles. The Labute approximate surface area is 163 Å². The van der Waals surface area contributed by atoms with Crippen molar-refractivity contribution in [2.45, 2.75) is 26.3 Å². The third-order valence-electron chi connectivity index (χ3n) is 5.51. The number of aryl methyl sites for hydroxylation is 1. The summed E-state index contributed by atoms with van der Waals surface area (Å²) in [6.45, 7) is 10.3. The fourth-order valence-electron chi connectivity index (χ4n) is 3.81. The SMILES string of the molecule is CCc1nc(N2CCN(C(C)C(=O)N3CCOCC3)CC2)c2ccsc2n1. The van der Waals surface area contributed by atoms with Crippen molar-refractivity contribution in [1.29, 1.82) is 0 Å². The van der Waals surface area contributed by atoms with Gasteiger partial charge >= 0.3 is 0 Å². The standard InChI is InChI=1S/C19H27N5O2S/c1-3-16-20-17(15-4-13-27-18(15)21-16)23-7-5-22(6-8-23)14(2)19(25)24-9-11-26-12-10-24/h4,13-14H,3,5-12H2,1-2H3. The highest BCUT2D eigenvalue weighted by molar-refractivity contribution is 7.16. The van der Waals surface area contributed by atoms with Crippen LogP contribution in [-0.2, 0) is 16.0 Å². The molecule has 7 nitrogen and oxygen atoms in total. The van der Waals surface area contributed by atoms with Gasteiger partial charge in [-0.05, 0) is 18.4 Å². The van der Waals surface area contributed by atoms with E-state index < -0.39 is 0 Å². The Bertz CT molecular complexity index is 796. The first kappa shape index (κ1) is 18.6. The molecule has 4 rings (SSSR count). The molecule has 0 bridgehead atoms. The second-order valence-corrected chi connectivity index (χ2v) is 7.99. The maximum absolute atomic E-state index is 12.8. The molecule has 1 atom stereocenters. The number of piperazine rings is 1. The Morgan fingerprint density at radius 3 is 2.63 bits per heavy atom. The molecule has 2 aliphatic rings. The fourth-order valence-corrected chi connectivity index (χ4v) is 4.58. The van der Waals surface area contributed by atoms with E-state index in [0.717, 1.165) is 54.5 Å². The summed E-state index contributed by atoms with van der Waals surface area (Å²) >= 11 is 1.67. The summed E-state index contributed by atoms with van der Waals surface area (Å²) in [4.78, 5) is 29.9. The molecule has 8 heteroatoms. The van der Waals surface area contributed by atoms with Crippen LogP contribution in [0.4, 0.5) is 5.82 Å². The number of carbonyl (C=O) groups is 1. The molecule has 0 saturated carbocycles. The van der Waals surface area contributed by atoms with Crippen LogP contribution in [0.15, 0.2) is 11.4 Å². The van der Waals surface area contributed by atoms with Gasteiger partial charge in [0.25, 0.3) is 0 Å². The van der Waals surface area contributed by atoms with Crippen molar-refractivity contribution in [2.24, 2.45) is 0 Å². The van der Waals surface area contributed by atoms with Gasteiger partial charge in [-0.1, -0.05) is 6.92 Å². The maximum atomic E-state index is 12.8. The maximum Gasteiger partial charge on any atom is 0.239 e. The van der Waals surface area contributed by atoms with Gasteiger partial charge in [0.05, 0.1) is 24.6 Å². The van der Waals surface area contributed by atoms with E-state index in [1.165, 1.54) is 0 Å². The van der Waals surface area contributed by atoms with Crippen molar-refractivity contribution in [3.8, 4) is 0 Å². The van der Waals surface area contributed by atoms with Crippen molar-refractivity contribution >= 4 is 33.3 Å². The molecule has 2 aromatic rings. The van der Waals surface area contributed by atoms with E-state index in [1.54, 1.807) is 11.3 Å². The molecule has 0 aromatic carbocycles. The van der Waals surface area contributed by atoms with Crippen molar-refractivity contribution in [3.05, 3.63) is 17.3 Å². The topological polar surface area (TPSA) is 61.8 Å². The van der Waals surface area contributed by atoms with Crippen LogP contribution in [0.5, 0.6) is 0 Å². The average Bonchev–Trinajstić information content (AvgIpc) is 3.21. The van der Waals surface area contributed by atoms with Crippen LogP contribution in [-0.4, -0.2) is 84.2 Å². The zero-order chi connectivity index (χ0) is 18.8. The summed E-state index contributed by atoms with van der Waals surface area (Å²) in [5.41, 5.74) is 0. The molecule has 146 valence electrons. The van der Waals surface area contributed by atoms with Crippen LogP contribution < -0.4 is 4.90 Å². The first-order chi connectivity index (χ1) is 13.2. The van der Waals surface area contributed by atoms with Gasteiger partial charge in [0.2, 0.25) is 5.91 Å². The van der Waals surface area contributed by atoms with E-state index in [4.69, 9.17) is 9.72 Å². The zero-order valence-corrected chi connectivity index (χ0v) is 16.9. The van der Waals surface area contributed by atoms with Gasteiger partial charge in [0.1, 0.15) is 16.5 Å². The number of rotatable bonds is 4. The third-order valence-corrected chi connectivity index (χ3v) is 6.32. The minimum atomic E-state index is -0.0805. The van der Waals surface area contributed by atoms with Crippen molar-refractivity contribution in [3.63, 3.8) is 0 Å². The molecule has 0 spiro atoms. The summed E-state index contributed by atoms with van der Waals surface area (Å²) < 4.78 is 5.36. The molecule has 1 unspecified atom stereocenters. The largest absolute Gasteiger partial charge is 0.378 e. The number of hydrogen-bond donors (Lipinski definition) is 0. The van der Waals surface area contributed by atoms with Gasteiger partial charge in [-0.2, -0.15) is 0 Å². The number of aromatic nitrogens is 2. The molecule has 0 radical (unpaired) electrons. The molecule has 0 aliphatic carbocycles. The predicted molar refractivity (Wildman–Crippen MR) is 107 cm³/mol. The lowest BCUT2D eigenvalue weighted by Crippen LogP contribution is -2.56. The Morgan fingerprint density at radius 1 is 1.19 bits per heavy atom. The summed E-state index contributed by atoms with van der Waals surface area (Å²) in [5, 5.41) is 3.23. The number of thiophene rings is 1. The molecular formula is C19H27N5O2S. The van der Waals surface area contributed by atoms with E-state index in [0.29, 0.717) is 26.3 Å². The van der Waals surface area contributed by atoms with Crippen LogP contribution in [0.3, 0.4) is 0 Å². The molecular weight excluding hydrogens is 362 g/mol. The van der Waals surface area contributed by atoms with Gasteiger partial charge in [0, 0.05) is 45.7 Å². The van der Waals surface area contributed by atoms with E-state index in [2.05, 4.69) is 33.2 Å². The van der Waals surface area contributed by atoms with Gasteiger partial charge in [-0.15, -0.1) is 11.3 Å². The molecule has 27 heavy (non-hydrogen) atoms. The van der Waals surface area contributed by atoms with Gasteiger partial charge in [-0.3, -0.25) is 9.69 Å². The second kappa shape index (κ2) is 8.08. The fraction of sp³-hybridized carbons (Fsp3) is 0.632. The number of nitrogens with zero attached hydrogens (tertiary/aromatic N) is 5. The summed E-state index contributed by atoms with van der Waals surface area (Å²) in [6, 6.07) is 2.04. The van der Waals surface area contributed by atoms with Crippen molar-refractivity contribution in [1.82, 2.24) is 19.8 Å². The second-order valence-electron chi connectivity index (χ2n) is 7.09. The smallest absolute Gasteiger partial charge is 0.239 e. The minimum absolute atomic E-state index is 0.0805. The van der Waals surface area contributed by atoms with Gasteiger partial charge < -0.3 is 14.5 Å². The summed E-state index contributed by atoms with van der Waals surface area (Å²) in [5.74, 6) is 2.17. The van der Waals surface area contributed by atoms with Crippen LogP contribution in [0.1, 0.15) is 19.7 Å².